The van der Waals surface area contributed by atoms with Gasteiger partial charge in [0, 0.05) is 0 Å². The molecule has 1 nitrogen and oxygen atoms in total. The Balaban J connectivity index is 1.61. The van der Waals surface area contributed by atoms with Crippen LogP contribution < -0.4 is 4.74 Å². The number of halogens is 3. The molecule has 0 spiro atoms. The topological polar surface area (TPSA) is 9.23 Å². The molecule has 4 heteroatoms. The van der Waals surface area contributed by atoms with Gasteiger partial charge in [-0.15, -0.1) is 13.2 Å². The van der Waals surface area contributed by atoms with E-state index in [-0.39, 0.29) is 5.75 Å². The normalized spacial score (nSPS) is 20.7. The highest BCUT2D eigenvalue weighted by Gasteiger charge is 2.31. The van der Waals surface area contributed by atoms with Crippen molar-refractivity contribution in [2.24, 2.45) is 11.8 Å². The van der Waals surface area contributed by atoms with E-state index >= 15 is 0 Å². The van der Waals surface area contributed by atoms with E-state index < -0.39 is 6.36 Å². The third-order valence-corrected chi connectivity index (χ3v) is 5.45. The summed E-state index contributed by atoms with van der Waals surface area (Å²) in [5, 5.41) is 0. The van der Waals surface area contributed by atoms with Gasteiger partial charge >= 0.3 is 6.36 Å². The van der Waals surface area contributed by atoms with E-state index in [0.29, 0.717) is 5.92 Å². The Labute approximate surface area is 159 Å². The van der Waals surface area contributed by atoms with E-state index in [1.54, 1.807) is 12.1 Å². The van der Waals surface area contributed by atoms with Crippen LogP contribution in [0.5, 0.6) is 5.75 Å². The minimum atomic E-state index is -4.66. The second-order valence-electron chi connectivity index (χ2n) is 8.04. The van der Waals surface area contributed by atoms with Gasteiger partial charge in [-0.05, 0) is 78.7 Å². The zero-order valence-corrected chi connectivity index (χ0v) is 15.9. The van der Waals surface area contributed by atoms with E-state index in [1.165, 1.54) is 49.8 Å². The van der Waals surface area contributed by atoms with Crippen molar-refractivity contribution in [2.75, 3.05) is 0 Å². The van der Waals surface area contributed by atoms with Gasteiger partial charge in [0.25, 0.3) is 0 Å². The van der Waals surface area contributed by atoms with Crippen LogP contribution in [-0.2, 0) is 0 Å². The van der Waals surface area contributed by atoms with Crippen LogP contribution in [0.25, 0.3) is 11.1 Å². The number of alkyl halides is 3. The molecule has 1 fully saturated rings. The molecule has 0 unspecified atom stereocenters. The molecule has 0 radical (unpaired) electrons. The van der Waals surface area contributed by atoms with E-state index in [2.05, 4.69) is 42.8 Å². The Kier molecular flexibility index (Phi) is 6.13. The standard InChI is InChI=1S/C23H27F3O/c1-16(2)15-17-3-5-18(6-4-17)19-7-9-20(10-8-19)21-11-13-22(14-12-21)27-23(24,25)26/h7-14,16-18H,3-6,15H2,1-2H3. The van der Waals surface area contributed by atoms with Crippen LogP contribution in [0.3, 0.4) is 0 Å². The first-order chi connectivity index (χ1) is 12.8. The predicted octanol–water partition coefficient (Wildman–Crippen LogP) is 7.57. The van der Waals surface area contributed by atoms with Crippen LogP contribution in [0.4, 0.5) is 13.2 Å². The van der Waals surface area contributed by atoms with Crippen LogP contribution in [0.2, 0.25) is 0 Å². The summed E-state index contributed by atoms with van der Waals surface area (Å²) in [7, 11) is 0. The summed E-state index contributed by atoms with van der Waals surface area (Å²) in [5.41, 5.74) is 3.27. The smallest absolute Gasteiger partial charge is 0.406 e. The SMILES string of the molecule is CC(C)CC1CCC(c2ccc(-c3ccc(OC(F)(F)F)cc3)cc2)CC1. The molecule has 0 aromatic heterocycles. The molecule has 0 aliphatic heterocycles. The Bertz CT molecular complexity index is 709. The van der Waals surface area contributed by atoms with Crippen molar-refractivity contribution >= 4 is 0 Å². The lowest BCUT2D eigenvalue weighted by Gasteiger charge is -2.29. The molecule has 1 aliphatic rings. The summed E-state index contributed by atoms with van der Waals surface area (Å²) in [6, 6.07) is 14.5. The van der Waals surface area contributed by atoms with Crippen molar-refractivity contribution in [3.05, 3.63) is 54.1 Å². The molecular weight excluding hydrogens is 349 g/mol. The molecule has 3 rings (SSSR count). The van der Waals surface area contributed by atoms with Crippen molar-refractivity contribution in [1.29, 1.82) is 0 Å². The van der Waals surface area contributed by atoms with Gasteiger partial charge in [-0.2, -0.15) is 0 Å². The number of hydrogen-bond acceptors (Lipinski definition) is 1. The van der Waals surface area contributed by atoms with Crippen molar-refractivity contribution in [2.45, 2.75) is 58.2 Å². The monoisotopic (exact) mass is 376 g/mol. The second-order valence-corrected chi connectivity index (χ2v) is 8.04. The molecule has 146 valence electrons. The lowest BCUT2D eigenvalue weighted by Crippen LogP contribution is -2.16. The minimum absolute atomic E-state index is 0.193. The Hall–Kier alpha value is -1.97. The summed E-state index contributed by atoms with van der Waals surface area (Å²) in [6.45, 7) is 4.60. The first-order valence-electron chi connectivity index (χ1n) is 9.76. The average Bonchev–Trinajstić information content (AvgIpc) is 2.61. The van der Waals surface area contributed by atoms with Crippen LogP contribution in [0, 0.1) is 11.8 Å². The van der Waals surface area contributed by atoms with Crippen LogP contribution >= 0.6 is 0 Å². The lowest BCUT2D eigenvalue weighted by molar-refractivity contribution is -0.274. The lowest BCUT2D eigenvalue weighted by atomic mass is 9.76. The zero-order chi connectivity index (χ0) is 19.4. The maximum absolute atomic E-state index is 12.3. The number of rotatable bonds is 5. The zero-order valence-electron chi connectivity index (χ0n) is 15.9. The van der Waals surface area contributed by atoms with Gasteiger partial charge in [0.15, 0.2) is 0 Å². The fourth-order valence-corrected chi connectivity index (χ4v) is 4.19. The van der Waals surface area contributed by atoms with Crippen molar-refractivity contribution < 1.29 is 17.9 Å². The Morgan fingerprint density at radius 1 is 0.852 bits per heavy atom. The third-order valence-electron chi connectivity index (χ3n) is 5.45. The molecule has 2 aromatic rings. The molecule has 0 atom stereocenters. The molecular formula is C23H27F3O. The van der Waals surface area contributed by atoms with Gasteiger partial charge in [-0.25, -0.2) is 0 Å². The van der Waals surface area contributed by atoms with Gasteiger partial charge < -0.3 is 4.74 Å². The van der Waals surface area contributed by atoms with Crippen molar-refractivity contribution in [3.8, 4) is 16.9 Å². The van der Waals surface area contributed by atoms with E-state index in [4.69, 9.17) is 0 Å². The van der Waals surface area contributed by atoms with Crippen LogP contribution in [0.15, 0.2) is 48.5 Å². The van der Waals surface area contributed by atoms with Crippen molar-refractivity contribution in [1.82, 2.24) is 0 Å². The van der Waals surface area contributed by atoms with Gasteiger partial charge in [0.05, 0.1) is 0 Å². The number of ether oxygens (including phenoxy) is 1. The molecule has 0 bridgehead atoms. The summed E-state index contributed by atoms with van der Waals surface area (Å²) < 4.78 is 40.7. The minimum Gasteiger partial charge on any atom is -0.406 e. The average molecular weight is 376 g/mol. The molecule has 0 heterocycles. The highest BCUT2D eigenvalue weighted by atomic mass is 19.4. The van der Waals surface area contributed by atoms with Gasteiger partial charge in [0.1, 0.15) is 5.75 Å². The first kappa shape index (κ1) is 19.8. The summed E-state index contributed by atoms with van der Waals surface area (Å²) in [5.74, 6) is 2.09. The molecule has 0 N–H and O–H groups in total. The van der Waals surface area contributed by atoms with E-state index in [0.717, 1.165) is 23.0 Å². The first-order valence-corrected chi connectivity index (χ1v) is 9.76. The van der Waals surface area contributed by atoms with E-state index in [9.17, 15) is 13.2 Å². The molecule has 0 saturated heterocycles. The molecule has 1 aliphatic carbocycles. The summed E-state index contributed by atoms with van der Waals surface area (Å²) in [4.78, 5) is 0. The fraction of sp³-hybridized carbons (Fsp3) is 0.478. The van der Waals surface area contributed by atoms with Crippen LogP contribution in [0.1, 0.15) is 57.4 Å². The quantitative estimate of drug-likeness (QED) is 0.523. The number of benzene rings is 2. The van der Waals surface area contributed by atoms with Gasteiger partial charge in [-0.1, -0.05) is 50.2 Å². The third kappa shape index (κ3) is 5.75. The Morgan fingerprint density at radius 2 is 1.37 bits per heavy atom. The molecule has 1 saturated carbocycles. The van der Waals surface area contributed by atoms with Gasteiger partial charge in [0.2, 0.25) is 0 Å². The molecule has 0 amide bonds. The highest BCUT2D eigenvalue weighted by Crippen LogP contribution is 2.38. The van der Waals surface area contributed by atoms with Crippen LogP contribution in [-0.4, -0.2) is 6.36 Å². The Morgan fingerprint density at radius 3 is 1.85 bits per heavy atom. The fourth-order valence-electron chi connectivity index (χ4n) is 4.19. The maximum Gasteiger partial charge on any atom is 0.573 e. The molecule has 27 heavy (non-hydrogen) atoms. The summed E-state index contributed by atoms with van der Waals surface area (Å²) in [6.07, 6.45) is 1.80. The van der Waals surface area contributed by atoms with Gasteiger partial charge in [-0.3, -0.25) is 0 Å². The highest BCUT2D eigenvalue weighted by molar-refractivity contribution is 5.64. The maximum atomic E-state index is 12.3. The largest absolute Gasteiger partial charge is 0.573 e. The summed E-state index contributed by atoms with van der Waals surface area (Å²) >= 11 is 0. The second kappa shape index (κ2) is 8.37. The van der Waals surface area contributed by atoms with E-state index in [1.807, 2.05) is 0 Å². The van der Waals surface area contributed by atoms with Crippen molar-refractivity contribution in [3.63, 3.8) is 0 Å². The number of hydrogen-bond donors (Lipinski definition) is 0. The molecule has 2 aromatic carbocycles. The predicted molar refractivity (Wildman–Crippen MR) is 103 cm³/mol.